The van der Waals surface area contributed by atoms with Crippen LogP contribution in [0.25, 0.3) is 10.8 Å². The molecule has 0 unspecified atom stereocenters. The molecule has 4 heteroatoms. The van der Waals surface area contributed by atoms with E-state index >= 15 is 0 Å². The second-order valence-electron chi connectivity index (χ2n) is 4.48. The van der Waals surface area contributed by atoms with Crippen LogP contribution in [0, 0.1) is 0 Å². The van der Waals surface area contributed by atoms with Gasteiger partial charge in [0.25, 0.3) is 0 Å². The number of nitrogens with one attached hydrogen (secondary N) is 1. The van der Waals surface area contributed by atoms with Crippen LogP contribution in [0.5, 0.6) is 5.75 Å². The Bertz CT molecular complexity index is 750. The third kappa shape index (κ3) is 2.23. The molecule has 1 heterocycles. The molecule has 0 amide bonds. The summed E-state index contributed by atoms with van der Waals surface area (Å²) in [6.07, 6.45) is 3.64. The third-order valence-corrected chi connectivity index (χ3v) is 3.19. The Labute approximate surface area is 117 Å². The van der Waals surface area contributed by atoms with Gasteiger partial charge in [-0.2, -0.15) is 0 Å². The van der Waals surface area contributed by atoms with Crippen molar-refractivity contribution in [2.45, 2.75) is 0 Å². The van der Waals surface area contributed by atoms with Crippen molar-refractivity contribution in [2.24, 2.45) is 0 Å². The molecule has 0 atom stereocenters. The molecule has 100 valence electrons. The Morgan fingerprint density at radius 1 is 1.15 bits per heavy atom. The van der Waals surface area contributed by atoms with E-state index in [0.717, 1.165) is 22.1 Å². The largest absolute Gasteiger partial charge is 0.495 e. The Morgan fingerprint density at radius 2 is 2.05 bits per heavy atom. The molecule has 0 aliphatic heterocycles. The number of nitrogens with two attached hydrogens (primary N) is 1. The minimum Gasteiger partial charge on any atom is -0.495 e. The number of nitrogens with zero attached hydrogens (tertiary/aromatic N) is 1. The fourth-order valence-corrected chi connectivity index (χ4v) is 2.18. The highest BCUT2D eigenvalue weighted by molar-refractivity contribution is 5.94. The van der Waals surface area contributed by atoms with Crippen molar-refractivity contribution in [3.63, 3.8) is 0 Å². The zero-order valence-electron chi connectivity index (χ0n) is 11.1. The molecule has 0 saturated heterocycles. The highest BCUT2D eigenvalue weighted by atomic mass is 16.5. The van der Waals surface area contributed by atoms with Crippen molar-refractivity contribution in [1.82, 2.24) is 4.98 Å². The van der Waals surface area contributed by atoms with Gasteiger partial charge in [0, 0.05) is 40.6 Å². The number of fused-ring (bicyclic) bond motifs is 1. The van der Waals surface area contributed by atoms with Crippen LogP contribution in [0.1, 0.15) is 0 Å². The second-order valence-corrected chi connectivity index (χ2v) is 4.48. The maximum absolute atomic E-state index is 5.82. The number of hydrogen-bond acceptors (Lipinski definition) is 4. The average molecular weight is 265 g/mol. The molecule has 0 spiro atoms. The number of nitrogen functional groups attached to an aromatic ring is 1. The molecule has 3 N–H and O–H groups in total. The Hall–Kier alpha value is -2.75. The number of hydrogen-bond donors (Lipinski definition) is 2. The monoisotopic (exact) mass is 265 g/mol. The standard InChI is InChI=1S/C16H15N3O/c1-20-16-9-12(5-6-14(16)17)19-15-4-2-3-11-10-18-8-7-13(11)15/h2-10,19H,17H2,1H3. The summed E-state index contributed by atoms with van der Waals surface area (Å²) in [5.41, 5.74) is 8.40. The van der Waals surface area contributed by atoms with Crippen molar-refractivity contribution >= 4 is 27.8 Å². The molecule has 3 aromatic rings. The summed E-state index contributed by atoms with van der Waals surface area (Å²) in [5, 5.41) is 5.61. The molecule has 4 nitrogen and oxygen atoms in total. The van der Waals surface area contributed by atoms with Crippen LogP contribution in [0.3, 0.4) is 0 Å². The lowest BCUT2D eigenvalue weighted by Crippen LogP contribution is -1.96. The van der Waals surface area contributed by atoms with E-state index < -0.39 is 0 Å². The zero-order chi connectivity index (χ0) is 13.9. The molecule has 3 rings (SSSR count). The molecule has 2 aromatic carbocycles. The normalized spacial score (nSPS) is 10.4. The van der Waals surface area contributed by atoms with Gasteiger partial charge in [0.1, 0.15) is 5.75 Å². The summed E-state index contributed by atoms with van der Waals surface area (Å²) in [4.78, 5) is 4.14. The van der Waals surface area contributed by atoms with E-state index in [0.29, 0.717) is 11.4 Å². The second kappa shape index (κ2) is 5.09. The Morgan fingerprint density at radius 3 is 2.90 bits per heavy atom. The lowest BCUT2D eigenvalue weighted by atomic mass is 10.1. The third-order valence-electron chi connectivity index (χ3n) is 3.19. The molecule has 0 aliphatic rings. The number of benzene rings is 2. The van der Waals surface area contributed by atoms with Gasteiger partial charge in [-0.05, 0) is 24.3 Å². The fourth-order valence-electron chi connectivity index (χ4n) is 2.18. The first-order valence-electron chi connectivity index (χ1n) is 6.31. The summed E-state index contributed by atoms with van der Waals surface area (Å²) in [7, 11) is 1.61. The molecule has 20 heavy (non-hydrogen) atoms. The van der Waals surface area contributed by atoms with Gasteiger partial charge < -0.3 is 15.8 Å². The Balaban J connectivity index is 2.01. The van der Waals surface area contributed by atoms with Gasteiger partial charge in [0.2, 0.25) is 0 Å². The van der Waals surface area contributed by atoms with Crippen LogP contribution < -0.4 is 15.8 Å². The molecule has 0 bridgehead atoms. The molecule has 0 radical (unpaired) electrons. The quantitative estimate of drug-likeness (QED) is 0.711. The van der Waals surface area contributed by atoms with Crippen LogP contribution in [0.15, 0.2) is 54.9 Å². The van der Waals surface area contributed by atoms with Gasteiger partial charge >= 0.3 is 0 Å². The number of ether oxygens (including phenoxy) is 1. The molecular formula is C16H15N3O. The van der Waals surface area contributed by atoms with Gasteiger partial charge in [-0.3, -0.25) is 4.98 Å². The SMILES string of the molecule is COc1cc(Nc2cccc3cnccc23)ccc1N. The summed E-state index contributed by atoms with van der Waals surface area (Å²) in [6, 6.07) is 13.7. The van der Waals surface area contributed by atoms with E-state index in [4.69, 9.17) is 10.5 Å². The summed E-state index contributed by atoms with van der Waals surface area (Å²) < 4.78 is 5.24. The van der Waals surface area contributed by atoms with E-state index in [1.165, 1.54) is 0 Å². The minimum atomic E-state index is 0.625. The van der Waals surface area contributed by atoms with Crippen molar-refractivity contribution < 1.29 is 4.74 Å². The number of rotatable bonds is 3. The predicted octanol–water partition coefficient (Wildman–Crippen LogP) is 3.57. The number of methoxy groups -OCH3 is 1. The molecule has 0 aliphatic carbocycles. The van der Waals surface area contributed by atoms with Crippen molar-refractivity contribution in [2.75, 3.05) is 18.2 Å². The van der Waals surface area contributed by atoms with Crippen LogP contribution >= 0.6 is 0 Å². The van der Waals surface area contributed by atoms with Gasteiger partial charge in [-0.15, -0.1) is 0 Å². The topological polar surface area (TPSA) is 60.2 Å². The van der Waals surface area contributed by atoms with Gasteiger partial charge in [0.05, 0.1) is 12.8 Å². The van der Waals surface area contributed by atoms with Crippen LogP contribution in [-0.4, -0.2) is 12.1 Å². The predicted molar refractivity (Wildman–Crippen MR) is 82.4 cm³/mol. The van der Waals surface area contributed by atoms with Crippen LogP contribution in [-0.2, 0) is 0 Å². The van der Waals surface area contributed by atoms with Crippen molar-refractivity contribution in [3.05, 3.63) is 54.9 Å². The molecule has 0 saturated carbocycles. The highest BCUT2D eigenvalue weighted by Crippen LogP contribution is 2.30. The summed E-state index contributed by atoms with van der Waals surface area (Å²) in [6.45, 7) is 0. The van der Waals surface area contributed by atoms with Crippen molar-refractivity contribution in [1.29, 1.82) is 0 Å². The summed E-state index contributed by atoms with van der Waals surface area (Å²) >= 11 is 0. The van der Waals surface area contributed by atoms with Gasteiger partial charge in [-0.25, -0.2) is 0 Å². The first-order chi connectivity index (χ1) is 9.78. The number of anilines is 3. The van der Waals surface area contributed by atoms with Crippen LogP contribution in [0.2, 0.25) is 0 Å². The van der Waals surface area contributed by atoms with E-state index in [1.807, 2.05) is 48.7 Å². The minimum absolute atomic E-state index is 0.625. The lowest BCUT2D eigenvalue weighted by Gasteiger charge is -2.12. The van der Waals surface area contributed by atoms with Crippen molar-refractivity contribution in [3.8, 4) is 5.75 Å². The van der Waals surface area contributed by atoms with E-state index in [1.54, 1.807) is 13.3 Å². The summed E-state index contributed by atoms with van der Waals surface area (Å²) in [5.74, 6) is 0.664. The number of pyridine rings is 1. The first-order valence-corrected chi connectivity index (χ1v) is 6.31. The van der Waals surface area contributed by atoms with E-state index in [9.17, 15) is 0 Å². The molecule has 1 aromatic heterocycles. The van der Waals surface area contributed by atoms with E-state index in [-0.39, 0.29) is 0 Å². The number of aromatic nitrogens is 1. The van der Waals surface area contributed by atoms with Crippen LogP contribution in [0.4, 0.5) is 17.1 Å². The maximum Gasteiger partial charge on any atom is 0.143 e. The smallest absolute Gasteiger partial charge is 0.143 e. The average Bonchev–Trinajstić information content (AvgIpc) is 2.49. The maximum atomic E-state index is 5.82. The Kier molecular flexibility index (Phi) is 3.13. The molecule has 0 fully saturated rings. The van der Waals surface area contributed by atoms with Gasteiger partial charge in [-0.1, -0.05) is 12.1 Å². The lowest BCUT2D eigenvalue weighted by molar-refractivity contribution is 0.417. The molecular weight excluding hydrogens is 250 g/mol. The van der Waals surface area contributed by atoms with E-state index in [2.05, 4.69) is 10.3 Å². The zero-order valence-corrected chi connectivity index (χ0v) is 11.1. The fraction of sp³-hybridized carbons (Fsp3) is 0.0625. The van der Waals surface area contributed by atoms with Gasteiger partial charge in [0.15, 0.2) is 0 Å². The highest BCUT2D eigenvalue weighted by Gasteiger charge is 2.04. The first kappa shape index (κ1) is 12.3.